The van der Waals surface area contributed by atoms with E-state index in [2.05, 4.69) is 96.0 Å². The van der Waals surface area contributed by atoms with E-state index in [1.54, 1.807) is 0 Å². The molecule has 0 bridgehead atoms. The second-order valence-corrected chi connectivity index (χ2v) is 10.1. The van der Waals surface area contributed by atoms with Crippen LogP contribution in [0.15, 0.2) is 45.3 Å². The van der Waals surface area contributed by atoms with Crippen molar-refractivity contribution in [2.45, 2.75) is 77.0 Å². The lowest BCUT2D eigenvalue weighted by molar-refractivity contribution is 0.207. The quantitative estimate of drug-likeness (QED) is 0.389. The van der Waals surface area contributed by atoms with Crippen LogP contribution in [0.5, 0.6) is 0 Å². The van der Waals surface area contributed by atoms with Crippen molar-refractivity contribution >= 4 is 31.9 Å². The molecule has 3 rings (SSSR count). The Labute approximate surface area is 176 Å². The van der Waals surface area contributed by atoms with Crippen molar-refractivity contribution in [3.8, 4) is 11.1 Å². The minimum atomic E-state index is 0.144. The Balaban J connectivity index is 2.32. The van der Waals surface area contributed by atoms with Crippen molar-refractivity contribution in [1.29, 1.82) is 0 Å². The highest BCUT2D eigenvalue weighted by Gasteiger charge is 2.50. The number of rotatable bonds is 6. The fourth-order valence-corrected chi connectivity index (χ4v) is 5.61. The molecule has 2 heteroatoms. The molecular weight excluding hydrogens is 448 g/mol. The van der Waals surface area contributed by atoms with Crippen LogP contribution in [0.4, 0.5) is 0 Å². The van der Waals surface area contributed by atoms with Gasteiger partial charge in [-0.1, -0.05) is 97.4 Å². The average molecular weight is 478 g/mol. The van der Waals surface area contributed by atoms with Gasteiger partial charge in [0, 0.05) is 19.8 Å². The molecule has 2 aromatic rings. The largest absolute Gasteiger partial charge is 0.0654 e. The topological polar surface area (TPSA) is 0 Å². The van der Waals surface area contributed by atoms with E-state index in [1.165, 1.54) is 69.7 Å². The molecule has 140 valence electrons. The maximum Gasteiger partial charge on any atom is 0.0178 e. The first-order chi connectivity index (χ1) is 12.4. The molecule has 0 fully saturated rings. The molecule has 0 radical (unpaired) electrons. The Morgan fingerprint density at radius 2 is 1.08 bits per heavy atom. The van der Waals surface area contributed by atoms with Gasteiger partial charge in [0.05, 0.1) is 0 Å². The molecule has 0 nitrogen and oxygen atoms in total. The summed E-state index contributed by atoms with van der Waals surface area (Å²) in [5.74, 6) is 0. The van der Waals surface area contributed by atoms with Gasteiger partial charge in [0.15, 0.2) is 0 Å². The summed E-state index contributed by atoms with van der Waals surface area (Å²) in [5.41, 5.74) is 6.17. The molecule has 0 saturated carbocycles. The minimum Gasteiger partial charge on any atom is -0.0654 e. The van der Waals surface area contributed by atoms with Crippen LogP contribution in [0.1, 0.15) is 77.3 Å². The highest BCUT2D eigenvalue weighted by atomic mass is 79.9. The van der Waals surface area contributed by atoms with E-state index in [1.807, 2.05) is 0 Å². The molecular formula is C24H30Br2. The highest BCUT2D eigenvalue weighted by molar-refractivity contribution is 9.10. The predicted molar refractivity (Wildman–Crippen MR) is 121 cm³/mol. The van der Waals surface area contributed by atoms with Crippen LogP contribution in [0.2, 0.25) is 0 Å². The number of unbranched alkanes of at least 4 members (excludes halogenated alkanes) is 2. The van der Waals surface area contributed by atoms with E-state index in [0.29, 0.717) is 0 Å². The van der Waals surface area contributed by atoms with E-state index in [9.17, 15) is 0 Å². The van der Waals surface area contributed by atoms with Gasteiger partial charge >= 0.3 is 0 Å². The zero-order chi connectivity index (χ0) is 18.9. The van der Waals surface area contributed by atoms with Crippen LogP contribution in [0, 0.1) is 0 Å². The summed E-state index contributed by atoms with van der Waals surface area (Å²) in [5, 5.41) is 0. The first-order valence-electron chi connectivity index (χ1n) is 9.98. The van der Waals surface area contributed by atoms with Gasteiger partial charge in [-0.15, -0.1) is 0 Å². The Morgan fingerprint density at radius 1 is 0.692 bits per heavy atom. The van der Waals surface area contributed by atoms with Gasteiger partial charge in [0.1, 0.15) is 0 Å². The molecule has 2 unspecified atom stereocenters. The molecule has 0 N–H and O–H groups in total. The standard InChI is InChI=1S/C24H30Br2/c1-5-7-13-23(3)21-15-17(25)9-11-19(21)20-12-10-18(26)16-22(20)24(23,4)14-8-6-2/h9-12,15-16H,5-8,13-14H2,1-4H3. The molecule has 2 atom stereocenters. The van der Waals surface area contributed by atoms with Gasteiger partial charge in [0.25, 0.3) is 0 Å². The molecule has 2 aromatic carbocycles. The van der Waals surface area contributed by atoms with Gasteiger partial charge < -0.3 is 0 Å². The first-order valence-corrected chi connectivity index (χ1v) is 11.6. The summed E-state index contributed by atoms with van der Waals surface area (Å²) >= 11 is 7.49. The summed E-state index contributed by atoms with van der Waals surface area (Å²) in [6.07, 6.45) is 7.50. The van der Waals surface area contributed by atoms with E-state index in [0.717, 1.165) is 0 Å². The monoisotopic (exact) mass is 476 g/mol. The van der Waals surface area contributed by atoms with Crippen molar-refractivity contribution in [3.05, 3.63) is 56.5 Å². The Kier molecular flexibility index (Phi) is 6.04. The Bertz CT molecular complexity index is 727. The summed E-state index contributed by atoms with van der Waals surface area (Å²) in [4.78, 5) is 0. The SMILES string of the molecule is CCCCC1(C)c2cc(Br)ccc2-c2ccc(Br)cc2C1(C)CCCC. The third-order valence-electron chi connectivity index (χ3n) is 6.72. The van der Waals surface area contributed by atoms with Crippen LogP contribution in [-0.4, -0.2) is 0 Å². The van der Waals surface area contributed by atoms with E-state index < -0.39 is 0 Å². The van der Waals surface area contributed by atoms with Crippen molar-refractivity contribution in [3.63, 3.8) is 0 Å². The van der Waals surface area contributed by atoms with Crippen LogP contribution in [-0.2, 0) is 10.8 Å². The normalized spacial score (nSPS) is 24.2. The Hall–Kier alpha value is -0.600. The number of hydrogen-bond donors (Lipinski definition) is 0. The molecule has 1 aliphatic carbocycles. The van der Waals surface area contributed by atoms with Gasteiger partial charge in [-0.25, -0.2) is 0 Å². The van der Waals surface area contributed by atoms with E-state index in [4.69, 9.17) is 0 Å². The van der Waals surface area contributed by atoms with Gasteiger partial charge in [-0.3, -0.25) is 0 Å². The molecule has 26 heavy (non-hydrogen) atoms. The third kappa shape index (κ3) is 3.22. The fraction of sp³-hybridized carbons (Fsp3) is 0.500. The van der Waals surface area contributed by atoms with Crippen molar-refractivity contribution in [2.24, 2.45) is 0 Å². The number of halogens is 2. The molecule has 0 aromatic heterocycles. The Morgan fingerprint density at radius 3 is 1.42 bits per heavy atom. The molecule has 0 heterocycles. The summed E-state index contributed by atoms with van der Waals surface area (Å²) < 4.78 is 2.38. The summed E-state index contributed by atoms with van der Waals surface area (Å²) in [7, 11) is 0. The second kappa shape index (κ2) is 7.80. The first kappa shape index (κ1) is 20.1. The van der Waals surface area contributed by atoms with Crippen LogP contribution < -0.4 is 0 Å². The van der Waals surface area contributed by atoms with Crippen molar-refractivity contribution in [2.75, 3.05) is 0 Å². The number of hydrogen-bond acceptors (Lipinski definition) is 0. The zero-order valence-electron chi connectivity index (χ0n) is 16.5. The maximum absolute atomic E-state index is 3.74. The average Bonchev–Trinajstić information content (AvgIpc) is 2.63. The summed E-state index contributed by atoms with van der Waals surface area (Å²) in [6, 6.07) is 13.8. The third-order valence-corrected chi connectivity index (χ3v) is 7.71. The maximum atomic E-state index is 3.74. The molecule has 1 aliphatic rings. The molecule has 0 amide bonds. The van der Waals surface area contributed by atoms with Crippen LogP contribution in [0.3, 0.4) is 0 Å². The minimum absolute atomic E-state index is 0.144. The predicted octanol–water partition coefficient (Wildman–Crippen LogP) is 8.79. The van der Waals surface area contributed by atoms with E-state index >= 15 is 0 Å². The lowest BCUT2D eigenvalue weighted by Crippen LogP contribution is -2.48. The lowest BCUT2D eigenvalue weighted by atomic mass is 9.51. The van der Waals surface area contributed by atoms with Crippen LogP contribution >= 0.6 is 31.9 Å². The van der Waals surface area contributed by atoms with Crippen LogP contribution in [0.25, 0.3) is 11.1 Å². The van der Waals surface area contributed by atoms with E-state index in [-0.39, 0.29) is 10.8 Å². The van der Waals surface area contributed by atoms with Crippen molar-refractivity contribution in [1.82, 2.24) is 0 Å². The smallest absolute Gasteiger partial charge is 0.0178 e. The zero-order valence-corrected chi connectivity index (χ0v) is 19.6. The van der Waals surface area contributed by atoms with Gasteiger partial charge in [-0.05, 0) is 59.4 Å². The molecule has 0 spiro atoms. The highest BCUT2D eigenvalue weighted by Crippen LogP contribution is 2.58. The molecule has 0 aliphatic heterocycles. The second-order valence-electron chi connectivity index (χ2n) is 8.25. The van der Waals surface area contributed by atoms with Crippen molar-refractivity contribution < 1.29 is 0 Å². The van der Waals surface area contributed by atoms with Gasteiger partial charge in [-0.2, -0.15) is 0 Å². The number of benzene rings is 2. The summed E-state index contributed by atoms with van der Waals surface area (Å²) in [6.45, 7) is 9.66. The lowest BCUT2D eigenvalue weighted by Gasteiger charge is -2.53. The number of fused-ring (bicyclic) bond motifs is 3. The fourth-order valence-electron chi connectivity index (χ4n) is 4.89. The van der Waals surface area contributed by atoms with Gasteiger partial charge in [0.2, 0.25) is 0 Å². The molecule has 0 saturated heterocycles.